The zero-order valence-electron chi connectivity index (χ0n) is 15.0. The van der Waals surface area contributed by atoms with E-state index >= 15 is 0 Å². The van der Waals surface area contributed by atoms with E-state index in [2.05, 4.69) is 11.9 Å². The summed E-state index contributed by atoms with van der Waals surface area (Å²) in [5.74, 6) is 0. The van der Waals surface area contributed by atoms with Crippen LogP contribution in [0.2, 0.25) is 0 Å². The lowest BCUT2D eigenvalue weighted by Gasteiger charge is -2.38. The lowest BCUT2D eigenvalue weighted by atomic mass is 9.94. The van der Waals surface area contributed by atoms with Gasteiger partial charge in [-0.15, -0.1) is 23.5 Å². The maximum Gasteiger partial charge on any atom is 0.416 e. The molecule has 3 nitrogen and oxygen atoms in total. The van der Waals surface area contributed by atoms with Crippen LogP contribution in [-0.2, 0) is 10.9 Å². The third-order valence-corrected chi connectivity index (χ3v) is 6.15. The van der Waals surface area contributed by atoms with Crippen LogP contribution < -0.4 is 5.73 Å². The summed E-state index contributed by atoms with van der Waals surface area (Å²) >= 11 is 2.89. The predicted octanol–water partition coefficient (Wildman–Crippen LogP) is 4.97. The molecule has 0 radical (unpaired) electrons. The van der Waals surface area contributed by atoms with Gasteiger partial charge in [-0.1, -0.05) is 6.07 Å². The monoisotopic (exact) mass is 404 g/mol. The zero-order valence-corrected chi connectivity index (χ0v) is 16.6. The Kier molecular flexibility index (Phi) is 7.10. The van der Waals surface area contributed by atoms with Crippen LogP contribution in [0.5, 0.6) is 0 Å². The van der Waals surface area contributed by atoms with Gasteiger partial charge in [-0.2, -0.15) is 13.2 Å². The molecule has 1 heterocycles. The highest BCUT2D eigenvalue weighted by molar-refractivity contribution is 8.02. The van der Waals surface area contributed by atoms with Gasteiger partial charge in [0.1, 0.15) is 6.10 Å². The Labute approximate surface area is 160 Å². The van der Waals surface area contributed by atoms with E-state index in [1.54, 1.807) is 19.2 Å². The smallest absolute Gasteiger partial charge is 0.393 e. The summed E-state index contributed by atoms with van der Waals surface area (Å²) in [4.78, 5) is 4.89. The Morgan fingerprint density at radius 2 is 2.15 bits per heavy atom. The number of benzene rings is 1. The summed E-state index contributed by atoms with van der Waals surface area (Å²) in [5.41, 5.74) is 6.01. The third kappa shape index (κ3) is 5.69. The van der Waals surface area contributed by atoms with Crippen LogP contribution in [0.25, 0.3) is 0 Å². The van der Waals surface area contributed by atoms with E-state index in [0.29, 0.717) is 23.0 Å². The number of aliphatic imine (C=N–C) groups is 1. The fourth-order valence-electron chi connectivity index (χ4n) is 2.78. The molecule has 1 aliphatic heterocycles. The minimum atomic E-state index is -4.34. The Hall–Kier alpha value is -1.12. The molecule has 0 aliphatic carbocycles. The molecule has 8 heteroatoms. The second kappa shape index (κ2) is 8.71. The van der Waals surface area contributed by atoms with Crippen molar-refractivity contribution in [2.24, 2.45) is 10.7 Å². The number of hydrogen-bond donors (Lipinski definition) is 1. The first-order valence-corrected chi connectivity index (χ1v) is 10.2. The Balaban J connectivity index is 2.17. The molecule has 0 bridgehead atoms. The maximum absolute atomic E-state index is 12.9. The van der Waals surface area contributed by atoms with Crippen molar-refractivity contribution < 1.29 is 17.9 Å². The molecule has 0 spiro atoms. The van der Waals surface area contributed by atoms with E-state index in [9.17, 15) is 13.2 Å². The molecule has 0 saturated carbocycles. The van der Waals surface area contributed by atoms with Gasteiger partial charge in [0.2, 0.25) is 0 Å². The van der Waals surface area contributed by atoms with Gasteiger partial charge in [-0.3, -0.25) is 4.99 Å². The van der Waals surface area contributed by atoms with E-state index in [1.165, 1.54) is 35.7 Å². The first kappa shape index (κ1) is 21.2. The molecule has 0 amide bonds. The Bertz CT molecular complexity index is 691. The topological polar surface area (TPSA) is 47.6 Å². The van der Waals surface area contributed by atoms with Gasteiger partial charge >= 0.3 is 6.18 Å². The zero-order chi connectivity index (χ0) is 19.4. The molecule has 1 saturated heterocycles. The van der Waals surface area contributed by atoms with Crippen LogP contribution in [0.15, 0.2) is 45.3 Å². The molecule has 1 aromatic rings. The molecule has 1 aliphatic rings. The molecule has 1 aromatic carbocycles. The molecular formula is C18H23F3N2OS2. The molecule has 2 unspecified atom stereocenters. The molecule has 26 heavy (non-hydrogen) atoms. The molecule has 144 valence electrons. The minimum Gasteiger partial charge on any atom is -0.393 e. The molecule has 2 N–H and O–H groups in total. The largest absolute Gasteiger partial charge is 0.416 e. The number of hydrogen-bond acceptors (Lipinski definition) is 5. The normalized spacial score (nSPS) is 25.4. The SMILES string of the molecule is CN=C(C=C(N)SC)C1CC(C)(Sc2cccc(C(F)(F)F)c2)CCO1. The average Bonchev–Trinajstić information content (AvgIpc) is 2.58. The van der Waals surface area contributed by atoms with Crippen molar-refractivity contribution >= 4 is 29.2 Å². The summed E-state index contributed by atoms with van der Waals surface area (Å²) in [6, 6.07) is 5.47. The summed E-state index contributed by atoms with van der Waals surface area (Å²) < 4.78 is 44.4. The average molecular weight is 405 g/mol. The van der Waals surface area contributed by atoms with E-state index in [0.717, 1.165) is 18.2 Å². The fourth-order valence-corrected chi connectivity index (χ4v) is 4.34. The van der Waals surface area contributed by atoms with Crippen molar-refractivity contribution in [2.75, 3.05) is 19.9 Å². The van der Waals surface area contributed by atoms with Crippen LogP contribution in [0.3, 0.4) is 0 Å². The Morgan fingerprint density at radius 1 is 1.42 bits per heavy atom. The number of nitrogens with two attached hydrogens (primary N) is 1. The summed E-state index contributed by atoms with van der Waals surface area (Å²) in [5, 5.41) is 0.645. The number of thioether (sulfide) groups is 2. The maximum atomic E-state index is 12.9. The van der Waals surface area contributed by atoms with Gasteiger partial charge in [-0.05, 0) is 50.3 Å². The van der Waals surface area contributed by atoms with Crippen LogP contribution in [-0.4, -0.2) is 36.5 Å². The van der Waals surface area contributed by atoms with Crippen molar-refractivity contribution in [1.82, 2.24) is 0 Å². The Morgan fingerprint density at radius 3 is 2.77 bits per heavy atom. The first-order chi connectivity index (χ1) is 12.2. The van der Waals surface area contributed by atoms with E-state index < -0.39 is 11.7 Å². The summed E-state index contributed by atoms with van der Waals surface area (Å²) in [6.45, 7) is 2.58. The minimum absolute atomic E-state index is 0.220. The van der Waals surface area contributed by atoms with Crippen molar-refractivity contribution in [3.8, 4) is 0 Å². The standard InChI is InChI=1S/C18H23F3N2OS2/c1-17(26-13-6-4-5-12(9-13)18(19,20)21)7-8-24-15(11-17)14(23-2)10-16(22)25-3/h4-6,9-10,15H,7-8,11,22H2,1-3H3. The fraction of sp³-hybridized carbons (Fsp3) is 0.500. The van der Waals surface area contributed by atoms with Crippen molar-refractivity contribution in [3.63, 3.8) is 0 Å². The van der Waals surface area contributed by atoms with Gasteiger partial charge in [0.25, 0.3) is 0 Å². The lowest BCUT2D eigenvalue weighted by molar-refractivity contribution is -0.137. The van der Waals surface area contributed by atoms with Crippen molar-refractivity contribution in [3.05, 3.63) is 40.9 Å². The number of halogens is 3. The van der Waals surface area contributed by atoms with Crippen LogP contribution in [0.4, 0.5) is 13.2 Å². The molecule has 2 rings (SSSR count). The van der Waals surface area contributed by atoms with Gasteiger partial charge in [0.05, 0.1) is 16.3 Å². The second-order valence-corrected chi connectivity index (χ2v) is 8.83. The lowest BCUT2D eigenvalue weighted by Crippen LogP contribution is -2.39. The molecular weight excluding hydrogens is 381 g/mol. The van der Waals surface area contributed by atoms with E-state index in [-0.39, 0.29) is 10.9 Å². The van der Waals surface area contributed by atoms with Gasteiger partial charge in [0.15, 0.2) is 0 Å². The highest BCUT2D eigenvalue weighted by Crippen LogP contribution is 2.43. The number of ether oxygens (including phenoxy) is 1. The molecule has 2 atom stereocenters. The molecule has 0 aromatic heterocycles. The van der Waals surface area contributed by atoms with Crippen molar-refractivity contribution in [1.29, 1.82) is 0 Å². The highest BCUT2D eigenvalue weighted by Gasteiger charge is 2.36. The van der Waals surface area contributed by atoms with E-state index in [4.69, 9.17) is 10.5 Å². The number of nitrogens with zero attached hydrogens (tertiary/aromatic N) is 1. The third-order valence-electron chi connectivity index (χ3n) is 4.21. The molecule has 1 fully saturated rings. The summed E-state index contributed by atoms with van der Waals surface area (Å²) in [7, 11) is 1.69. The number of alkyl halides is 3. The predicted molar refractivity (Wildman–Crippen MR) is 104 cm³/mol. The number of rotatable bonds is 5. The van der Waals surface area contributed by atoms with Gasteiger partial charge in [-0.25, -0.2) is 0 Å². The second-order valence-electron chi connectivity index (χ2n) is 6.29. The van der Waals surface area contributed by atoms with Crippen LogP contribution >= 0.6 is 23.5 Å². The van der Waals surface area contributed by atoms with Crippen LogP contribution in [0.1, 0.15) is 25.3 Å². The highest BCUT2D eigenvalue weighted by atomic mass is 32.2. The quantitative estimate of drug-likeness (QED) is 0.704. The van der Waals surface area contributed by atoms with Crippen LogP contribution in [0, 0.1) is 0 Å². The van der Waals surface area contributed by atoms with E-state index in [1.807, 2.05) is 6.26 Å². The van der Waals surface area contributed by atoms with Gasteiger partial charge in [0, 0.05) is 23.3 Å². The first-order valence-electron chi connectivity index (χ1n) is 8.12. The van der Waals surface area contributed by atoms with Crippen molar-refractivity contribution in [2.45, 2.75) is 41.7 Å². The van der Waals surface area contributed by atoms with Gasteiger partial charge < -0.3 is 10.5 Å². The summed E-state index contributed by atoms with van der Waals surface area (Å²) in [6.07, 6.45) is 0.534.